The Labute approximate surface area is 212 Å². The van der Waals surface area contributed by atoms with Crippen molar-refractivity contribution in [2.75, 3.05) is 13.2 Å². The first-order valence-corrected chi connectivity index (χ1v) is 12.7. The van der Waals surface area contributed by atoms with E-state index in [0.717, 1.165) is 31.2 Å². The molecule has 1 heterocycles. The Morgan fingerprint density at radius 1 is 1.08 bits per heavy atom. The second-order valence-electron chi connectivity index (χ2n) is 9.02. The summed E-state index contributed by atoms with van der Waals surface area (Å²) in [6.45, 7) is 6.66. The minimum atomic E-state index is -0.516. The molecule has 0 aliphatic carbocycles. The number of unbranched alkanes of at least 4 members (excludes halogenated alkanes) is 3. The molecule has 36 heavy (non-hydrogen) atoms. The number of rotatable bonds is 11. The fraction of sp³-hybridized carbons (Fsp3) is 0.414. The van der Waals surface area contributed by atoms with Crippen LogP contribution in [0.15, 0.2) is 59.8 Å². The molecule has 1 unspecified atom stereocenters. The van der Waals surface area contributed by atoms with E-state index < -0.39 is 11.9 Å². The summed E-state index contributed by atoms with van der Waals surface area (Å²) in [6.07, 6.45) is 4.38. The Balaban J connectivity index is 1.82. The van der Waals surface area contributed by atoms with Gasteiger partial charge < -0.3 is 15.0 Å². The number of hydrogen-bond acceptors (Lipinski definition) is 4. The van der Waals surface area contributed by atoms with Crippen molar-refractivity contribution in [3.63, 3.8) is 0 Å². The Morgan fingerprint density at radius 2 is 1.83 bits per heavy atom. The Kier molecular flexibility index (Phi) is 9.79. The molecule has 0 bridgehead atoms. The molecule has 0 spiro atoms. The van der Waals surface area contributed by atoms with Gasteiger partial charge in [0, 0.05) is 30.1 Å². The molecule has 7 heteroatoms. The van der Waals surface area contributed by atoms with Crippen molar-refractivity contribution in [2.45, 2.75) is 65.3 Å². The third-order valence-corrected chi connectivity index (χ3v) is 6.44. The molecule has 6 nitrogen and oxygen atoms in total. The lowest BCUT2D eigenvalue weighted by molar-refractivity contribution is -0.140. The van der Waals surface area contributed by atoms with Gasteiger partial charge in [0.25, 0.3) is 5.91 Å². The SMILES string of the molecule is CCCCCCNC(=O)c1cccc(CN2C(=O)CC(c3ccc(F)cc3)C(C(=O)OCC)=C2C)c1. The fourth-order valence-corrected chi connectivity index (χ4v) is 4.51. The number of carbonyl (C=O) groups is 3. The number of benzene rings is 2. The van der Waals surface area contributed by atoms with E-state index in [0.29, 0.717) is 28.9 Å². The standard InChI is InChI=1S/C29H35FN2O4/c1-4-6-7-8-16-31-28(34)23-11-9-10-21(17-23)19-32-20(3)27(29(35)36-5-2)25(18-26(32)33)22-12-14-24(30)15-13-22/h9-15,17,25H,4-8,16,18-19H2,1-3H3,(H,31,34). The number of carbonyl (C=O) groups excluding carboxylic acids is 3. The average molecular weight is 495 g/mol. The van der Waals surface area contributed by atoms with Crippen LogP contribution in [0.2, 0.25) is 0 Å². The van der Waals surface area contributed by atoms with Crippen molar-refractivity contribution in [3.05, 3.63) is 82.3 Å². The molecule has 0 aromatic heterocycles. The van der Waals surface area contributed by atoms with Gasteiger partial charge in [-0.1, -0.05) is 50.5 Å². The number of nitrogens with zero attached hydrogens (tertiary/aromatic N) is 1. The quantitative estimate of drug-likeness (QED) is 0.331. The smallest absolute Gasteiger partial charge is 0.336 e. The van der Waals surface area contributed by atoms with Crippen molar-refractivity contribution < 1.29 is 23.5 Å². The summed E-state index contributed by atoms with van der Waals surface area (Å²) < 4.78 is 18.8. The zero-order valence-corrected chi connectivity index (χ0v) is 21.3. The van der Waals surface area contributed by atoms with E-state index in [1.54, 1.807) is 49.1 Å². The molecule has 0 saturated heterocycles. The molecular formula is C29H35FN2O4. The first kappa shape index (κ1) is 27.1. The molecule has 1 N–H and O–H groups in total. The molecule has 2 aromatic rings. The van der Waals surface area contributed by atoms with Gasteiger partial charge >= 0.3 is 5.97 Å². The summed E-state index contributed by atoms with van der Waals surface area (Å²) in [5.74, 6) is -1.68. The molecule has 2 aromatic carbocycles. The van der Waals surface area contributed by atoms with E-state index in [2.05, 4.69) is 12.2 Å². The fourth-order valence-electron chi connectivity index (χ4n) is 4.51. The van der Waals surface area contributed by atoms with Crippen LogP contribution in [-0.4, -0.2) is 35.8 Å². The Morgan fingerprint density at radius 3 is 2.53 bits per heavy atom. The zero-order chi connectivity index (χ0) is 26.1. The first-order valence-electron chi connectivity index (χ1n) is 12.7. The molecule has 2 amide bonds. The lowest BCUT2D eigenvalue weighted by Crippen LogP contribution is -2.38. The van der Waals surface area contributed by atoms with Crippen LogP contribution in [0.4, 0.5) is 4.39 Å². The van der Waals surface area contributed by atoms with Gasteiger partial charge in [-0.05, 0) is 55.7 Å². The largest absolute Gasteiger partial charge is 0.463 e. The van der Waals surface area contributed by atoms with Gasteiger partial charge in [0.1, 0.15) is 5.82 Å². The number of nitrogens with one attached hydrogen (secondary N) is 1. The molecule has 3 rings (SSSR count). The van der Waals surface area contributed by atoms with Crippen molar-refractivity contribution in [1.82, 2.24) is 10.2 Å². The predicted octanol–water partition coefficient (Wildman–Crippen LogP) is 5.49. The maximum atomic E-state index is 13.5. The van der Waals surface area contributed by atoms with Gasteiger partial charge in [-0.25, -0.2) is 9.18 Å². The summed E-state index contributed by atoms with van der Waals surface area (Å²) in [5, 5.41) is 2.95. The third kappa shape index (κ3) is 6.80. The van der Waals surface area contributed by atoms with Crippen LogP contribution in [-0.2, 0) is 20.9 Å². The van der Waals surface area contributed by atoms with E-state index in [9.17, 15) is 18.8 Å². The number of hydrogen-bond donors (Lipinski definition) is 1. The molecule has 1 atom stereocenters. The number of amides is 2. The summed E-state index contributed by atoms with van der Waals surface area (Å²) >= 11 is 0. The van der Waals surface area contributed by atoms with Crippen LogP contribution >= 0.6 is 0 Å². The summed E-state index contributed by atoms with van der Waals surface area (Å²) in [7, 11) is 0. The number of halogens is 1. The van der Waals surface area contributed by atoms with Crippen LogP contribution in [0.5, 0.6) is 0 Å². The Hall–Kier alpha value is -3.48. The van der Waals surface area contributed by atoms with E-state index in [4.69, 9.17) is 4.74 Å². The molecule has 0 fully saturated rings. The summed E-state index contributed by atoms with van der Waals surface area (Å²) in [6, 6.07) is 13.0. The highest BCUT2D eigenvalue weighted by atomic mass is 19.1. The van der Waals surface area contributed by atoms with Gasteiger partial charge in [-0.3, -0.25) is 9.59 Å². The van der Waals surface area contributed by atoms with Crippen LogP contribution < -0.4 is 5.32 Å². The topological polar surface area (TPSA) is 75.7 Å². The van der Waals surface area contributed by atoms with Crippen LogP contribution in [0, 0.1) is 5.82 Å². The Bertz CT molecular complexity index is 1110. The molecule has 0 radical (unpaired) electrons. The maximum absolute atomic E-state index is 13.5. The predicted molar refractivity (Wildman–Crippen MR) is 137 cm³/mol. The zero-order valence-electron chi connectivity index (χ0n) is 21.3. The third-order valence-electron chi connectivity index (χ3n) is 6.44. The minimum absolute atomic E-state index is 0.0645. The number of ether oxygens (including phenoxy) is 1. The monoisotopic (exact) mass is 494 g/mol. The van der Waals surface area contributed by atoms with E-state index >= 15 is 0 Å². The van der Waals surface area contributed by atoms with Crippen molar-refractivity contribution in [3.8, 4) is 0 Å². The van der Waals surface area contributed by atoms with E-state index in [1.165, 1.54) is 12.1 Å². The molecular weight excluding hydrogens is 459 g/mol. The maximum Gasteiger partial charge on any atom is 0.336 e. The van der Waals surface area contributed by atoms with Crippen molar-refractivity contribution in [2.24, 2.45) is 0 Å². The highest BCUT2D eigenvalue weighted by Gasteiger charge is 2.37. The first-order chi connectivity index (χ1) is 17.3. The van der Waals surface area contributed by atoms with Crippen LogP contribution in [0.3, 0.4) is 0 Å². The number of allylic oxidation sites excluding steroid dienone is 1. The summed E-state index contributed by atoms with van der Waals surface area (Å²) in [4.78, 5) is 40.3. The molecule has 192 valence electrons. The molecule has 1 aliphatic rings. The summed E-state index contributed by atoms with van der Waals surface area (Å²) in [5.41, 5.74) is 2.90. The second-order valence-corrected chi connectivity index (χ2v) is 9.02. The minimum Gasteiger partial charge on any atom is -0.463 e. The molecule has 1 aliphatic heterocycles. The normalized spacial score (nSPS) is 15.7. The van der Waals surface area contributed by atoms with Crippen LogP contribution in [0.25, 0.3) is 0 Å². The van der Waals surface area contributed by atoms with Gasteiger partial charge in [0.2, 0.25) is 5.91 Å². The highest BCUT2D eigenvalue weighted by molar-refractivity contribution is 5.96. The van der Waals surface area contributed by atoms with Crippen molar-refractivity contribution in [1.29, 1.82) is 0 Å². The lowest BCUT2D eigenvalue weighted by atomic mass is 9.83. The van der Waals surface area contributed by atoms with E-state index in [1.807, 2.05) is 6.07 Å². The van der Waals surface area contributed by atoms with Gasteiger partial charge in [-0.2, -0.15) is 0 Å². The van der Waals surface area contributed by atoms with Gasteiger partial charge in [-0.15, -0.1) is 0 Å². The highest BCUT2D eigenvalue weighted by Crippen LogP contribution is 2.37. The number of esters is 1. The van der Waals surface area contributed by atoms with E-state index in [-0.39, 0.29) is 37.2 Å². The van der Waals surface area contributed by atoms with Gasteiger partial charge in [0.15, 0.2) is 0 Å². The average Bonchev–Trinajstić information content (AvgIpc) is 2.86. The van der Waals surface area contributed by atoms with Gasteiger partial charge in [0.05, 0.1) is 18.7 Å². The van der Waals surface area contributed by atoms with Crippen LogP contribution in [0.1, 0.15) is 80.3 Å². The second kappa shape index (κ2) is 13.0. The lowest BCUT2D eigenvalue weighted by Gasteiger charge is -2.34. The molecule has 0 saturated carbocycles. The van der Waals surface area contributed by atoms with Crippen molar-refractivity contribution >= 4 is 17.8 Å².